The first-order valence-electron chi connectivity index (χ1n) is 5.73. The lowest BCUT2D eigenvalue weighted by molar-refractivity contribution is 1.51. The van der Waals surface area contributed by atoms with Crippen molar-refractivity contribution in [1.82, 2.24) is 0 Å². The molecule has 0 aliphatic carbocycles. The molecule has 0 N–H and O–H groups in total. The largest absolute Gasteiger partial charge is 0.262 e. The van der Waals surface area contributed by atoms with Crippen molar-refractivity contribution in [3.8, 4) is 0 Å². The molecule has 0 aliphatic rings. The molecule has 2 rings (SSSR count). The van der Waals surface area contributed by atoms with E-state index < -0.39 is 0 Å². The lowest BCUT2D eigenvalue weighted by Gasteiger charge is -2.00. The van der Waals surface area contributed by atoms with E-state index in [0.29, 0.717) is 0 Å². The van der Waals surface area contributed by atoms with Crippen LogP contribution in [0.5, 0.6) is 0 Å². The van der Waals surface area contributed by atoms with E-state index in [1.165, 1.54) is 0 Å². The molecule has 1 aromatic carbocycles. The molecule has 0 spiro atoms. The highest BCUT2D eigenvalue weighted by Gasteiger charge is 1.99. The van der Waals surface area contributed by atoms with Gasteiger partial charge in [-0.05, 0) is 41.6 Å². The van der Waals surface area contributed by atoms with E-state index in [-0.39, 0.29) is 0 Å². The molecule has 0 fully saturated rings. The fraction of sp³-hybridized carbons (Fsp3) is 0. The van der Waals surface area contributed by atoms with Crippen LogP contribution in [-0.2, 0) is 0 Å². The lowest BCUT2D eigenvalue weighted by Crippen LogP contribution is -1.85. The number of benzene rings is 1. The maximum absolute atomic E-state index is 4.44. The maximum Gasteiger partial charge on any atom is 0.0993 e. The van der Waals surface area contributed by atoms with Gasteiger partial charge in [0.1, 0.15) is 0 Å². The smallest absolute Gasteiger partial charge is 0.0993 e. The molecule has 0 atom stereocenters. The molecule has 0 radical (unpaired) electrons. The van der Waals surface area contributed by atoms with Gasteiger partial charge in [-0.25, -0.2) is 0 Å². The predicted octanol–water partition coefficient (Wildman–Crippen LogP) is 5.12. The van der Waals surface area contributed by atoms with Gasteiger partial charge in [0.15, 0.2) is 0 Å². The van der Waals surface area contributed by atoms with Crippen LogP contribution in [0.4, 0.5) is 11.4 Å². The minimum atomic E-state index is 0.810. The van der Waals surface area contributed by atoms with Crippen LogP contribution in [0.25, 0.3) is 12.2 Å². The summed E-state index contributed by atoms with van der Waals surface area (Å²) in [6.45, 7) is 11.1. The number of thiophene rings is 1. The lowest BCUT2D eigenvalue weighted by atomic mass is 10.1. The van der Waals surface area contributed by atoms with Crippen molar-refractivity contribution in [2.24, 2.45) is 9.98 Å². The first-order chi connectivity index (χ1) is 9.26. The molecular formula is C16H14N2S. The van der Waals surface area contributed by atoms with Crippen molar-refractivity contribution in [2.45, 2.75) is 0 Å². The van der Waals surface area contributed by atoms with Gasteiger partial charge in [0.25, 0.3) is 0 Å². The van der Waals surface area contributed by atoms with Crippen molar-refractivity contribution in [3.05, 3.63) is 58.8 Å². The zero-order valence-electron chi connectivity index (χ0n) is 10.5. The van der Waals surface area contributed by atoms with Gasteiger partial charge < -0.3 is 0 Å². The molecule has 94 valence electrons. The average molecular weight is 266 g/mol. The Bertz CT molecular complexity index is 624. The molecular weight excluding hydrogens is 252 g/mol. The zero-order valence-corrected chi connectivity index (χ0v) is 11.4. The van der Waals surface area contributed by atoms with Gasteiger partial charge in [-0.1, -0.05) is 25.3 Å². The van der Waals surface area contributed by atoms with Crippen LogP contribution in [0.1, 0.15) is 16.7 Å². The quantitative estimate of drug-likeness (QED) is 0.671. The van der Waals surface area contributed by atoms with E-state index in [9.17, 15) is 0 Å². The maximum atomic E-state index is 4.44. The molecule has 0 saturated heterocycles. The van der Waals surface area contributed by atoms with Crippen LogP contribution in [0.3, 0.4) is 0 Å². The van der Waals surface area contributed by atoms with Crippen LogP contribution in [-0.4, -0.2) is 12.9 Å². The number of nitrogens with zero attached hydrogens (tertiary/aromatic N) is 2. The van der Waals surface area contributed by atoms with Gasteiger partial charge in [-0.3, -0.25) is 9.98 Å². The molecule has 0 saturated carbocycles. The predicted molar refractivity (Wildman–Crippen MR) is 87.4 cm³/mol. The van der Waals surface area contributed by atoms with Crippen molar-refractivity contribution in [2.75, 3.05) is 0 Å². The molecule has 2 nitrogen and oxygen atoms in total. The van der Waals surface area contributed by atoms with Crippen LogP contribution < -0.4 is 0 Å². The topological polar surface area (TPSA) is 24.7 Å². The Hall–Kier alpha value is -2.26. The number of aliphatic imine (C=N–C) groups is 2. The summed E-state index contributed by atoms with van der Waals surface area (Å²) < 4.78 is 0. The SMILES string of the molecule is C=Cc1cc(C=C)cc(C=Nc2cscc2N=C)c1. The molecule has 19 heavy (non-hydrogen) atoms. The fourth-order valence-electron chi connectivity index (χ4n) is 1.66. The second kappa shape index (κ2) is 6.07. The normalized spacial score (nSPS) is 10.5. The minimum Gasteiger partial charge on any atom is -0.262 e. The molecule has 0 amide bonds. The average Bonchev–Trinajstić information content (AvgIpc) is 2.92. The second-order valence-corrected chi connectivity index (χ2v) is 4.64. The Morgan fingerprint density at radius 2 is 1.47 bits per heavy atom. The molecule has 1 heterocycles. The van der Waals surface area contributed by atoms with E-state index in [1.807, 2.05) is 47.3 Å². The van der Waals surface area contributed by atoms with Crippen molar-refractivity contribution >= 4 is 47.8 Å². The van der Waals surface area contributed by atoms with E-state index in [1.54, 1.807) is 11.3 Å². The Morgan fingerprint density at radius 3 is 2.05 bits per heavy atom. The summed E-state index contributed by atoms with van der Waals surface area (Å²) in [6.07, 6.45) is 5.44. The van der Waals surface area contributed by atoms with Gasteiger partial charge in [0, 0.05) is 17.0 Å². The molecule has 1 aromatic heterocycles. The van der Waals surface area contributed by atoms with Crippen molar-refractivity contribution in [1.29, 1.82) is 0 Å². The van der Waals surface area contributed by atoms with Gasteiger partial charge in [-0.2, -0.15) is 0 Å². The van der Waals surface area contributed by atoms with Gasteiger partial charge in [0.05, 0.1) is 11.4 Å². The van der Waals surface area contributed by atoms with Gasteiger partial charge >= 0.3 is 0 Å². The Balaban J connectivity index is 2.35. The third-order valence-corrected chi connectivity index (χ3v) is 3.33. The standard InChI is InChI=1S/C16H14N2S/c1-4-12-6-13(5-2)8-14(7-12)9-18-16-11-19-10-15(16)17-3/h4-11H,1-3H2. The first kappa shape index (κ1) is 13.2. The summed E-state index contributed by atoms with van der Waals surface area (Å²) >= 11 is 1.56. The van der Waals surface area contributed by atoms with Crippen LogP contribution >= 0.6 is 11.3 Å². The Morgan fingerprint density at radius 1 is 0.895 bits per heavy atom. The number of rotatable bonds is 5. The van der Waals surface area contributed by atoms with Crippen LogP contribution in [0.2, 0.25) is 0 Å². The third kappa shape index (κ3) is 3.14. The van der Waals surface area contributed by atoms with Crippen LogP contribution in [0.15, 0.2) is 52.1 Å². The number of hydrogen-bond donors (Lipinski definition) is 0. The highest BCUT2D eigenvalue weighted by molar-refractivity contribution is 7.08. The highest BCUT2D eigenvalue weighted by Crippen LogP contribution is 2.31. The minimum absolute atomic E-state index is 0.810. The van der Waals surface area contributed by atoms with E-state index in [0.717, 1.165) is 28.1 Å². The summed E-state index contributed by atoms with van der Waals surface area (Å²) in [4.78, 5) is 8.37. The van der Waals surface area contributed by atoms with E-state index >= 15 is 0 Å². The van der Waals surface area contributed by atoms with Crippen LogP contribution in [0, 0.1) is 0 Å². The van der Waals surface area contributed by atoms with Gasteiger partial charge in [-0.15, -0.1) is 11.3 Å². The summed E-state index contributed by atoms with van der Waals surface area (Å²) in [5, 5.41) is 3.88. The van der Waals surface area contributed by atoms with E-state index in [4.69, 9.17) is 0 Å². The zero-order chi connectivity index (χ0) is 13.7. The fourth-order valence-corrected chi connectivity index (χ4v) is 2.36. The molecule has 0 bridgehead atoms. The Labute approximate surface area is 117 Å². The van der Waals surface area contributed by atoms with Crippen molar-refractivity contribution < 1.29 is 0 Å². The molecule has 2 aromatic rings. The number of hydrogen-bond acceptors (Lipinski definition) is 3. The molecule has 3 heteroatoms. The highest BCUT2D eigenvalue weighted by atomic mass is 32.1. The summed E-state index contributed by atoms with van der Waals surface area (Å²) in [6, 6.07) is 6.08. The van der Waals surface area contributed by atoms with Gasteiger partial charge in [0.2, 0.25) is 0 Å². The summed E-state index contributed by atoms with van der Waals surface area (Å²) in [5.41, 5.74) is 4.75. The molecule has 0 aliphatic heterocycles. The Kier molecular flexibility index (Phi) is 4.21. The van der Waals surface area contributed by atoms with E-state index in [2.05, 4.69) is 29.9 Å². The third-order valence-electron chi connectivity index (χ3n) is 2.62. The molecule has 0 unspecified atom stereocenters. The monoisotopic (exact) mass is 266 g/mol. The first-order valence-corrected chi connectivity index (χ1v) is 6.68. The summed E-state index contributed by atoms with van der Waals surface area (Å²) in [7, 11) is 0. The van der Waals surface area contributed by atoms with Crippen molar-refractivity contribution in [3.63, 3.8) is 0 Å². The summed E-state index contributed by atoms with van der Waals surface area (Å²) in [5.74, 6) is 0. The second-order valence-electron chi connectivity index (χ2n) is 3.90.